The standard InChI is InChI=1S/C26H24Cl3N3O3/c1-16(2)24(31-25(33)21-12-9-19(27)13-23(21)29)26(34)32-30-14-17-7-10-20(11-8-17)35-15-18-5-3-4-6-22(18)28/h3-14,16,24H,15H2,1-2H3,(H,31,33)(H,32,34). The van der Waals surface area contributed by atoms with E-state index in [1.165, 1.54) is 18.3 Å². The SMILES string of the molecule is CC(C)C(NC(=O)c1ccc(Cl)cc1Cl)C(=O)NN=Cc1ccc(OCc2ccccc2Cl)cc1. The third-order valence-corrected chi connectivity index (χ3v) is 5.95. The number of carbonyl (C=O) groups is 2. The maximum Gasteiger partial charge on any atom is 0.262 e. The van der Waals surface area contributed by atoms with Crippen molar-refractivity contribution in [2.75, 3.05) is 0 Å². The molecular formula is C26H24Cl3N3O3. The van der Waals surface area contributed by atoms with Gasteiger partial charge in [-0.05, 0) is 60.0 Å². The normalized spacial score (nSPS) is 11.9. The minimum absolute atomic E-state index is 0.185. The first-order valence-electron chi connectivity index (χ1n) is 10.8. The number of benzene rings is 3. The number of hydrazone groups is 1. The van der Waals surface area contributed by atoms with Crippen LogP contribution < -0.4 is 15.5 Å². The molecule has 182 valence electrons. The Morgan fingerprint density at radius 2 is 1.69 bits per heavy atom. The van der Waals surface area contributed by atoms with Gasteiger partial charge in [0.2, 0.25) is 0 Å². The van der Waals surface area contributed by atoms with E-state index < -0.39 is 17.9 Å². The highest BCUT2D eigenvalue weighted by atomic mass is 35.5. The summed E-state index contributed by atoms with van der Waals surface area (Å²) >= 11 is 18.1. The van der Waals surface area contributed by atoms with E-state index in [9.17, 15) is 9.59 Å². The molecule has 1 atom stereocenters. The molecule has 0 fully saturated rings. The predicted molar refractivity (Wildman–Crippen MR) is 141 cm³/mol. The van der Waals surface area contributed by atoms with Crippen LogP contribution in [-0.4, -0.2) is 24.1 Å². The second-order valence-corrected chi connectivity index (χ2v) is 9.25. The van der Waals surface area contributed by atoms with E-state index in [1.807, 2.05) is 50.2 Å². The molecule has 6 nitrogen and oxygen atoms in total. The number of amides is 2. The zero-order valence-corrected chi connectivity index (χ0v) is 21.4. The van der Waals surface area contributed by atoms with Crippen LogP contribution in [0, 0.1) is 5.92 Å². The minimum Gasteiger partial charge on any atom is -0.489 e. The molecule has 0 bridgehead atoms. The van der Waals surface area contributed by atoms with E-state index in [0.717, 1.165) is 11.1 Å². The minimum atomic E-state index is -0.813. The van der Waals surface area contributed by atoms with Gasteiger partial charge in [-0.2, -0.15) is 5.10 Å². The van der Waals surface area contributed by atoms with E-state index in [2.05, 4.69) is 15.8 Å². The van der Waals surface area contributed by atoms with Crippen molar-refractivity contribution < 1.29 is 14.3 Å². The molecule has 9 heteroatoms. The van der Waals surface area contributed by atoms with Crippen molar-refractivity contribution in [3.8, 4) is 5.75 Å². The number of carbonyl (C=O) groups excluding carboxylic acids is 2. The number of nitrogens with one attached hydrogen (secondary N) is 2. The van der Waals surface area contributed by atoms with Crippen LogP contribution in [0.25, 0.3) is 0 Å². The summed E-state index contributed by atoms with van der Waals surface area (Å²) in [6.45, 7) is 3.99. The largest absolute Gasteiger partial charge is 0.489 e. The monoisotopic (exact) mass is 531 g/mol. The second-order valence-electron chi connectivity index (χ2n) is 8.00. The fraction of sp³-hybridized carbons (Fsp3) is 0.192. The fourth-order valence-corrected chi connectivity index (χ4v) is 3.78. The number of hydrogen-bond donors (Lipinski definition) is 2. The van der Waals surface area contributed by atoms with Crippen LogP contribution in [0.2, 0.25) is 15.1 Å². The zero-order valence-electron chi connectivity index (χ0n) is 19.1. The Bertz CT molecular complexity index is 1210. The Hall–Kier alpha value is -3.06. The van der Waals surface area contributed by atoms with E-state index in [4.69, 9.17) is 39.5 Å². The van der Waals surface area contributed by atoms with Gasteiger partial charge in [0, 0.05) is 15.6 Å². The molecule has 35 heavy (non-hydrogen) atoms. The maximum atomic E-state index is 12.7. The molecule has 0 spiro atoms. The van der Waals surface area contributed by atoms with E-state index >= 15 is 0 Å². The zero-order chi connectivity index (χ0) is 25.4. The van der Waals surface area contributed by atoms with E-state index in [0.29, 0.717) is 22.4 Å². The molecule has 2 amide bonds. The third-order valence-electron chi connectivity index (χ3n) is 5.03. The molecule has 0 aliphatic rings. The summed E-state index contributed by atoms with van der Waals surface area (Å²) in [6, 6.07) is 18.4. The lowest BCUT2D eigenvalue weighted by atomic mass is 10.0. The molecule has 2 N–H and O–H groups in total. The molecule has 3 aromatic rings. The first kappa shape index (κ1) is 26.5. The molecule has 3 rings (SSSR count). The van der Waals surface area contributed by atoms with Crippen molar-refractivity contribution >= 4 is 52.8 Å². The van der Waals surface area contributed by atoms with Crippen molar-refractivity contribution in [1.29, 1.82) is 0 Å². The van der Waals surface area contributed by atoms with Crippen LogP contribution in [0.1, 0.15) is 35.3 Å². The molecule has 0 aliphatic heterocycles. The Morgan fingerprint density at radius 1 is 0.971 bits per heavy atom. The molecule has 1 unspecified atom stereocenters. The molecule has 0 aromatic heterocycles. The summed E-state index contributed by atoms with van der Waals surface area (Å²) in [6.07, 6.45) is 1.50. The molecule has 0 saturated heterocycles. The van der Waals surface area contributed by atoms with Gasteiger partial charge in [-0.15, -0.1) is 0 Å². The average Bonchev–Trinajstić information content (AvgIpc) is 2.82. The van der Waals surface area contributed by atoms with Gasteiger partial charge in [-0.25, -0.2) is 5.43 Å². The summed E-state index contributed by atoms with van der Waals surface area (Å²) in [4.78, 5) is 25.3. The van der Waals surface area contributed by atoms with Crippen molar-refractivity contribution in [2.45, 2.75) is 26.5 Å². The lowest BCUT2D eigenvalue weighted by Crippen LogP contribution is -2.48. The van der Waals surface area contributed by atoms with Crippen LogP contribution >= 0.6 is 34.8 Å². The fourth-order valence-electron chi connectivity index (χ4n) is 3.09. The van der Waals surface area contributed by atoms with Gasteiger partial charge in [0.25, 0.3) is 11.8 Å². The molecule has 3 aromatic carbocycles. The van der Waals surface area contributed by atoms with Crippen molar-refractivity contribution in [3.05, 3.63) is 98.5 Å². The number of nitrogens with zero attached hydrogens (tertiary/aromatic N) is 1. The van der Waals surface area contributed by atoms with Gasteiger partial charge in [0.15, 0.2) is 0 Å². The third kappa shape index (κ3) is 7.72. The van der Waals surface area contributed by atoms with Gasteiger partial charge in [0.05, 0.1) is 16.8 Å². The summed E-state index contributed by atoms with van der Waals surface area (Å²) in [5.41, 5.74) is 4.36. The molecule has 0 radical (unpaired) electrons. The van der Waals surface area contributed by atoms with Crippen molar-refractivity contribution in [3.63, 3.8) is 0 Å². The Labute approximate surface area is 219 Å². The van der Waals surface area contributed by atoms with Crippen molar-refractivity contribution in [1.82, 2.24) is 10.7 Å². The molecule has 0 aliphatic carbocycles. The lowest BCUT2D eigenvalue weighted by Gasteiger charge is -2.20. The predicted octanol–water partition coefficient (Wildman–Crippen LogP) is 6.13. The summed E-state index contributed by atoms with van der Waals surface area (Å²) in [5, 5.41) is 7.99. The maximum absolute atomic E-state index is 12.7. The van der Waals surface area contributed by atoms with E-state index in [-0.39, 0.29) is 16.5 Å². The Morgan fingerprint density at radius 3 is 2.34 bits per heavy atom. The Kier molecular flexibility index (Phi) is 9.55. The highest BCUT2D eigenvalue weighted by Gasteiger charge is 2.25. The lowest BCUT2D eigenvalue weighted by molar-refractivity contribution is -0.123. The quantitative estimate of drug-likeness (QED) is 0.257. The van der Waals surface area contributed by atoms with Gasteiger partial charge in [-0.3, -0.25) is 9.59 Å². The van der Waals surface area contributed by atoms with E-state index in [1.54, 1.807) is 18.2 Å². The van der Waals surface area contributed by atoms with Crippen LogP contribution in [0.4, 0.5) is 0 Å². The number of halogens is 3. The van der Waals surface area contributed by atoms with Crippen LogP contribution in [0.15, 0.2) is 71.8 Å². The molecule has 0 saturated carbocycles. The molecule has 0 heterocycles. The van der Waals surface area contributed by atoms with Crippen molar-refractivity contribution in [2.24, 2.45) is 11.0 Å². The van der Waals surface area contributed by atoms with Crippen LogP contribution in [0.3, 0.4) is 0 Å². The van der Waals surface area contributed by atoms with Gasteiger partial charge in [0.1, 0.15) is 18.4 Å². The molecular weight excluding hydrogens is 509 g/mol. The first-order chi connectivity index (χ1) is 16.7. The smallest absolute Gasteiger partial charge is 0.262 e. The number of rotatable bonds is 9. The van der Waals surface area contributed by atoms with Gasteiger partial charge in [-0.1, -0.05) is 66.8 Å². The highest BCUT2D eigenvalue weighted by Crippen LogP contribution is 2.21. The summed E-state index contributed by atoms with van der Waals surface area (Å²) in [7, 11) is 0. The average molecular weight is 533 g/mol. The van der Waals surface area contributed by atoms with Crippen LogP contribution in [0.5, 0.6) is 5.75 Å². The number of hydrogen-bond acceptors (Lipinski definition) is 4. The number of ether oxygens (including phenoxy) is 1. The van der Waals surface area contributed by atoms with Gasteiger partial charge >= 0.3 is 0 Å². The summed E-state index contributed by atoms with van der Waals surface area (Å²) in [5.74, 6) is -0.435. The van der Waals surface area contributed by atoms with Gasteiger partial charge < -0.3 is 10.1 Å². The topological polar surface area (TPSA) is 79.8 Å². The highest BCUT2D eigenvalue weighted by molar-refractivity contribution is 6.36. The summed E-state index contributed by atoms with van der Waals surface area (Å²) < 4.78 is 5.76. The second kappa shape index (κ2) is 12.6. The Balaban J connectivity index is 1.55. The van der Waals surface area contributed by atoms with Crippen LogP contribution in [-0.2, 0) is 11.4 Å². The first-order valence-corrected chi connectivity index (χ1v) is 11.9.